The fraction of sp³-hybridized carbons (Fsp3) is 0.143. The average Bonchev–Trinajstić information content (AvgIpc) is 3.16. The molecule has 0 saturated heterocycles. The number of hydrogen-bond donors (Lipinski definition) is 1. The number of rotatable bonds is 5. The Labute approximate surface area is 155 Å². The normalized spacial score (nSPS) is 10.8. The van der Waals surface area contributed by atoms with Crippen molar-refractivity contribution in [2.75, 3.05) is 10.6 Å². The number of carbonyl (C=O) groups excluding carboxylic acids is 1. The van der Waals surface area contributed by atoms with E-state index in [9.17, 15) is 4.79 Å². The van der Waals surface area contributed by atoms with E-state index in [1.54, 1.807) is 29.2 Å². The molecular formula is C14H12ClN5OS3. The van der Waals surface area contributed by atoms with Crippen molar-refractivity contribution >= 4 is 67.9 Å². The molecule has 6 nitrogen and oxygen atoms in total. The molecule has 1 aromatic carbocycles. The number of anilines is 3. The molecule has 0 aliphatic heterocycles. The first-order valence-electron chi connectivity index (χ1n) is 6.75. The van der Waals surface area contributed by atoms with Crippen LogP contribution in [0.4, 0.5) is 16.0 Å². The molecule has 0 aliphatic carbocycles. The zero-order valence-electron chi connectivity index (χ0n) is 12.5. The molecule has 3 rings (SSSR count). The second kappa shape index (κ2) is 7.47. The quantitative estimate of drug-likeness (QED) is 0.649. The fourth-order valence-corrected chi connectivity index (χ4v) is 4.54. The minimum atomic E-state index is -0.109. The highest BCUT2D eigenvalue weighted by molar-refractivity contribution is 8.00. The first-order chi connectivity index (χ1) is 11.5. The standard InChI is InChI=1S/C14H12ClN5OS3/c1-8(21)20(11-4-2-9(15)3-5-11)13-17-10(6-22-13)7-23-14-19-18-12(16)24-14/h2-6H,7H2,1H3,(H2,16,18). The van der Waals surface area contributed by atoms with Crippen molar-refractivity contribution in [1.29, 1.82) is 0 Å². The molecule has 0 spiro atoms. The minimum Gasteiger partial charge on any atom is -0.374 e. The molecule has 0 aliphatic rings. The van der Waals surface area contributed by atoms with Crippen LogP contribution in [0.15, 0.2) is 34.0 Å². The lowest BCUT2D eigenvalue weighted by atomic mass is 10.3. The third kappa shape index (κ3) is 4.04. The Morgan fingerprint density at radius 1 is 1.33 bits per heavy atom. The van der Waals surface area contributed by atoms with Gasteiger partial charge in [-0.05, 0) is 24.3 Å². The first-order valence-corrected chi connectivity index (χ1v) is 9.81. The van der Waals surface area contributed by atoms with Crippen molar-refractivity contribution < 1.29 is 4.79 Å². The van der Waals surface area contributed by atoms with Gasteiger partial charge < -0.3 is 5.73 Å². The molecule has 0 atom stereocenters. The highest BCUT2D eigenvalue weighted by Crippen LogP contribution is 2.32. The summed E-state index contributed by atoms with van der Waals surface area (Å²) in [4.78, 5) is 18.2. The molecule has 3 aromatic rings. The van der Waals surface area contributed by atoms with Crippen molar-refractivity contribution in [1.82, 2.24) is 15.2 Å². The van der Waals surface area contributed by atoms with Crippen LogP contribution in [0.2, 0.25) is 5.02 Å². The van der Waals surface area contributed by atoms with Gasteiger partial charge in [0.25, 0.3) is 0 Å². The van der Waals surface area contributed by atoms with Crippen molar-refractivity contribution in [2.45, 2.75) is 17.0 Å². The molecule has 2 aromatic heterocycles. The Hall–Kier alpha value is -1.68. The molecule has 0 bridgehead atoms. The number of carbonyl (C=O) groups is 1. The lowest BCUT2D eigenvalue weighted by molar-refractivity contribution is -0.115. The Bertz CT molecular complexity index is 848. The van der Waals surface area contributed by atoms with E-state index in [-0.39, 0.29) is 5.91 Å². The summed E-state index contributed by atoms with van der Waals surface area (Å²) >= 11 is 10.2. The molecular weight excluding hydrogens is 386 g/mol. The summed E-state index contributed by atoms with van der Waals surface area (Å²) in [5.74, 6) is 0.528. The summed E-state index contributed by atoms with van der Waals surface area (Å²) in [6, 6.07) is 7.08. The highest BCUT2D eigenvalue weighted by Gasteiger charge is 2.18. The Balaban J connectivity index is 1.76. The van der Waals surface area contributed by atoms with Crippen LogP contribution in [-0.4, -0.2) is 21.1 Å². The topological polar surface area (TPSA) is 85.0 Å². The molecule has 124 valence electrons. The van der Waals surface area contributed by atoms with E-state index in [0.717, 1.165) is 15.7 Å². The van der Waals surface area contributed by atoms with Crippen molar-refractivity contribution in [3.8, 4) is 0 Å². The van der Waals surface area contributed by atoms with Crippen LogP contribution in [-0.2, 0) is 10.5 Å². The van der Waals surface area contributed by atoms with Gasteiger partial charge in [0.2, 0.25) is 11.0 Å². The van der Waals surface area contributed by atoms with E-state index < -0.39 is 0 Å². The average molecular weight is 398 g/mol. The van der Waals surface area contributed by atoms with Gasteiger partial charge in [0, 0.05) is 23.1 Å². The number of hydrogen-bond acceptors (Lipinski definition) is 8. The van der Waals surface area contributed by atoms with Crippen LogP contribution in [0, 0.1) is 0 Å². The summed E-state index contributed by atoms with van der Waals surface area (Å²) in [6.45, 7) is 1.51. The maximum Gasteiger partial charge on any atom is 0.230 e. The van der Waals surface area contributed by atoms with Gasteiger partial charge >= 0.3 is 0 Å². The lowest BCUT2D eigenvalue weighted by Gasteiger charge is -2.17. The van der Waals surface area contributed by atoms with Gasteiger partial charge in [0.05, 0.1) is 11.4 Å². The lowest BCUT2D eigenvalue weighted by Crippen LogP contribution is -2.22. The Morgan fingerprint density at radius 3 is 2.71 bits per heavy atom. The first kappa shape index (κ1) is 17.2. The van der Waals surface area contributed by atoms with E-state index in [4.69, 9.17) is 17.3 Å². The number of benzene rings is 1. The molecule has 24 heavy (non-hydrogen) atoms. The third-order valence-electron chi connectivity index (χ3n) is 2.90. The number of halogens is 1. The maximum absolute atomic E-state index is 12.0. The summed E-state index contributed by atoms with van der Waals surface area (Å²) in [5, 5.41) is 11.4. The van der Waals surface area contributed by atoms with Gasteiger partial charge in [-0.2, -0.15) is 0 Å². The molecule has 10 heteroatoms. The number of nitrogens with two attached hydrogens (primary N) is 1. The molecule has 0 fully saturated rings. The summed E-state index contributed by atoms with van der Waals surface area (Å²) in [7, 11) is 0. The van der Waals surface area contributed by atoms with Crippen LogP contribution in [0.1, 0.15) is 12.6 Å². The van der Waals surface area contributed by atoms with Crippen molar-refractivity contribution in [2.24, 2.45) is 0 Å². The number of thioether (sulfide) groups is 1. The molecule has 0 saturated carbocycles. The third-order valence-corrected chi connectivity index (χ3v) is 5.94. The molecule has 2 heterocycles. The molecule has 1 amide bonds. The van der Waals surface area contributed by atoms with E-state index in [1.807, 2.05) is 5.38 Å². The predicted molar refractivity (Wildman–Crippen MR) is 100 cm³/mol. The Morgan fingerprint density at radius 2 is 2.08 bits per heavy atom. The largest absolute Gasteiger partial charge is 0.374 e. The number of thiazole rings is 1. The van der Waals surface area contributed by atoms with E-state index >= 15 is 0 Å². The van der Waals surface area contributed by atoms with E-state index in [0.29, 0.717) is 21.0 Å². The zero-order chi connectivity index (χ0) is 17.1. The molecule has 2 N–H and O–H groups in total. The second-order valence-corrected chi connectivity index (χ2v) is 8.15. The number of amides is 1. The SMILES string of the molecule is CC(=O)N(c1ccc(Cl)cc1)c1nc(CSc2nnc(N)s2)cs1. The van der Waals surface area contributed by atoms with Gasteiger partial charge in [-0.15, -0.1) is 21.5 Å². The van der Waals surface area contributed by atoms with Crippen molar-refractivity contribution in [3.63, 3.8) is 0 Å². The van der Waals surface area contributed by atoms with Crippen LogP contribution in [0.25, 0.3) is 0 Å². The van der Waals surface area contributed by atoms with Gasteiger partial charge in [-0.3, -0.25) is 9.69 Å². The molecule has 0 unspecified atom stereocenters. The summed E-state index contributed by atoms with van der Waals surface area (Å²) in [6.07, 6.45) is 0. The number of nitrogen functional groups attached to an aromatic ring is 1. The van der Waals surface area contributed by atoms with E-state index in [1.165, 1.54) is 41.4 Å². The van der Waals surface area contributed by atoms with Gasteiger partial charge in [0.15, 0.2) is 9.47 Å². The smallest absolute Gasteiger partial charge is 0.230 e. The summed E-state index contributed by atoms with van der Waals surface area (Å²) in [5.41, 5.74) is 7.17. The van der Waals surface area contributed by atoms with Crippen LogP contribution in [0.3, 0.4) is 0 Å². The molecule has 0 radical (unpaired) electrons. The zero-order valence-corrected chi connectivity index (χ0v) is 15.7. The second-order valence-electron chi connectivity index (χ2n) is 4.65. The van der Waals surface area contributed by atoms with Crippen LogP contribution < -0.4 is 10.6 Å². The maximum atomic E-state index is 12.0. The van der Waals surface area contributed by atoms with Crippen LogP contribution in [0.5, 0.6) is 0 Å². The van der Waals surface area contributed by atoms with Gasteiger partial charge in [-0.25, -0.2) is 4.98 Å². The fourth-order valence-electron chi connectivity index (χ4n) is 1.90. The van der Waals surface area contributed by atoms with Gasteiger partial charge in [-0.1, -0.05) is 34.7 Å². The monoisotopic (exact) mass is 397 g/mol. The van der Waals surface area contributed by atoms with Crippen molar-refractivity contribution in [3.05, 3.63) is 40.4 Å². The van der Waals surface area contributed by atoms with E-state index in [2.05, 4.69) is 15.2 Å². The Kier molecular flexibility index (Phi) is 5.34. The number of nitrogens with zero attached hydrogens (tertiary/aromatic N) is 4. The highest BCUT2D eigenvalue weighted by atomic mass is 35.5. The predicted octanol–water partition coefficient (Wildman–Crippen LogP) is 4.21. The number of aromatic nitrogens is 3. The minimum absolute atomic E-state index is 0.109. The summed E-state index contributed by atoms with van der Waals surface area (Å²) < 4.78 is 0.795. The van der Waals surface area contributed by atoms with Gasteiger partial charge in [0.1, 0.15) is 0 Å². The van der Waals surface area contributed by atoms with Crippen LogP contribution >= 0.6 is 46.0 Å².